The van der Waals surface area contributed by atoms with Gasteiger partial charge in [-0.05, 0) is 53.9 Å². The van der Waals surface area contributed by atoms with Gasteiger partial charge in [0.05, 0.1) is 11.6 Å². The predicted molar refractivity (Wildman–Crippen MR) is 69.6 cm³/mol. The summed E-state index contributed by atoms with van der Waals surface area (Å²) < 4.78 is 19.8. The summed E-state index contributed by atoms with van der Waals surface area (Å²) in [5.74, 6) is 0. The van der Waals surface area contributed by atoms with Crippen LogP contribution in [0.15, 0.2) is 0 Å². The molecule has 2 heterocycles. The Morgan fingerprint density at radius 2 is 1.95 bits per heavy atom. The summed E-state index contributed by atoms with van der Waals surface area (Å²) in [5, 5.41) is 9.87. The monoisotopic (exact) mass is 273 g/mol. The number of alkyl halides is 1. The molecule has 110 valence electrons. The Kier molecular flexibility index (Phi) is 3.12. The second-order valence-corrected chi connectivity index (χ2v) is 7.34. The lowest BCUT2D eigenvalue weighted by molar-refractivity contribution is -0.107. The van der Waals surface area contributed by atoms with E-state index in [1.54, 1.807) is 27.7 Å². The molecule has 0 aromatic heterocycles. The van der Waals surface area contributed by atoms with E-state index in [4.69, 9.17) is 4.74 Å². The van der Waals surface area contributed by atoms with Gasteiger partial charge in [0.2, 0.25) is 0 Å². The number of carbonyl (C=O) groups excluding carboxylic acids is 1. The van der Waals surface area contributed by atoms with Crippen LogP contribution < -0.4 is 0 Å². The number of hydrogen-bond donors (Lipinski definition) is 1. The second kappa shape index (κ2) is 4.08. The van der Waals surface area contributed by atoms with Crippen molar-refractivity contribution in [3.8, 4) is 0 Å². The van der Waals surface area contributed by atoms with Crippen molar-refractivity contribution in [3.05, 3.63) is 0 Å². The van der Waals surface area contributed by atoms with E-state index in [1.165, 1.54) is 4.90 Å². The maximum atomic E-state index is 14.4. The van der Waals surface area contributed by atoms with Gasteiger partial charge in [-0.1, -0.05) is 0 Å². The first kappa shape index (κ1) is 14.6. The van der Waals surface area contributed by atoms with Crippen LogP contribution in [0.4, 0.5) is 9.18 Å². The largest absolute Gasteiger partial charge is 0.444 e. The summed E-state index contributed by atoms with van der Waals surface area (Å²) in [6.07, 6.45) is -1.39. The van der Waals surface area contributed by atoms with Gasteiger partial charge in [0.25, 0.3) is 0 Å². The van der Waals surface area contributed by atoms with Gasteiger partial charge < -0.3 is 9.84 Å². The van der Waals surface area contributed by atoms with Crippen LogP contribution in [0.3, 0.4) is 0 Å². The van der Waals surface area contributed by atoms with Gasteiger partial charge in [-0.2, -0.15) is 0 Å². The summed E-state index contributed by atoms with van der Waals surface area (Å²) >= 11 is 0. The van der Waals surface area contributed by atoms with Crippen LogP contribution in [0.2, 0.25) is 0 Å². The zero-order chi connectivity index (χ0) is 14.6. The molecule has 0 aliphatic carbocycles. The third-order valence-corrected chi connectivity index (χ3v) is 4.38. The Labute approximate surface area is 113 Å². The highest BCUT2D eigenvalue weighted by molar-refractivity contribution is 5.71. The third kappa shape index (κ3) is 2.22. The van der Waals surface area contributed by atoms with E-state index in [0.29, 0.717) is 12.8 Å². The molecule has 19 heavy (non-hydrogen) atoms. The number of piperidine rings is 1. The van der Waals surface area contributed by atoms with Crippen LogP contribution >= 0.6 is 0 Å². The first-order chi connectivity index (χ1) is 8.50. The maximum absolute atomic E-state index is 14.4. The molecule has 2 bridgehead atoms. The minimum absolute atomic E-state index is 0.267. The topological polar surface area (TPSA) is 49.8 Å². The Bertz CT molecular complexity index is 395. The van der Waals surface area contributed by atoms with Crippen molar-refractivity contribution in [1.82, 2.24) is 4.90 Å². The number of amides is 1. The fraction of sp³-hybridized carbons (Fsp3) is 0.929. The highest BCUT2D eigenvalue weighted by atomic mass is 19.1. The SMILES string of the molecule is CC(C)(C)OC(=O)N1[C@@]2(C)CC[C@]1(C)[C@H](F)[C@@H](O)C2. The van der Waals surface area contributed by atoms with Crippen molar-refractivity contribution in [2.75, 3.05) is 0 Å². The average Bonchev–Trinajstić information content (AvgIpc) is 2.43. The van der Waals surface area contributed by atoms with E-state index in [9.17, 15) is 14.3 Å². The van der Waals surface area contributed by atoms with Gasteiger partial charge in [0, 0.05) is 5.54 Å². The lowest BCUT2D eigenvalue weighted by Crippen LogP contribution is -2.66. The van der Waals surface area contributed by atoms with Gasteiger partial charge in [-0.3, -0.25) is 4.90 Å². The van der Waals surface area contributed by atoms with Gasteiger partial charge >= 0.3 is 6.09 Å². The molecule has 1 amide bonds. The molecule has 2 aliphatic rings. The van der Waals surface area contributed by atoms with Crippen molar-refractivity contribution < 1.29 is 19.0 Å². The standard InChI is InChI=1S/C14H24FNO3/c1-12(2,3)19-11(18)16-13(4)6-7-14(16,5)10(15)9(17)8-13/h9-10,17H,6-8H2,1-5H3/t9-,10+,13-,14+/m0/s1. The lowest BCUT2D eigenvalue weighted by Gasteiger charge is -2.51. The van der Waals surface area contributed by atoms with Crippen LogP contribution in [0.25, 0.3) is 0 Å². The number of fused-ring (bicyclic) bond motifs is 2. The van der Waals surface area contributed by atoms with Crippen LogP contribution in [-0.2, 0) is 4.74 Å². The number of rotatable bonds is 0. The molecule has 0 aromatic carbocycles. The Morgan fingerprint density at radius 1 is 1.37 bits per heavy atom. The number of aliphatic hydroxyl groups is 1. The summed E-state index contributed by atoms with van der Waals surface area (Å²) in [5.41, 5.74) is -2.08. The average molecular weight is 273 g/mol. The van der Waals surface area contributed by atoms with E-state index in [2.05, 4.69) is 0 Å². The Morgan fingerprint density at radius 3 is 2.47 bits per heavy atom. The van der Waals surface area contributed by atoms with Crippen LogP contribution in [0.1, 0.15) is 53.9 Å². The zero-order valence-electron chi connectivity index (χ0n) is 12.4. The molecule has 0 aromatic rings. The molecule has 4 nitrogen and oxygen atoms in total. The minimum Gasteiger partial charge on any atom is -0.444 e. The molecule has 2 aliphatic heterocycles. The van der Waals surface area contributed by atoms with Crippen molar-refractivity contribution in [1.29, 1.82) is 0 Å². The Balaban J connectivity index is 2.32. The fourth-order valence-electron chi connectivity index (χ4n) is 3.52. The number of aliphatic hydroxyl groups excluding tert-OH is 1. The normalized spacial score (nSPS) is 42.4. The van der Waals surface area contributed by atoms with Crippen molar-refractivity contribution in [2.24, 2.45) is 0 Å². The fourth-order valence-corrected chi connectivity index (χ4v) is 3.52. The first-order valence-electron chi connectivity index (χ1n) is 6.85. The molecule has 0 saturated carbocycles. The van der Waals surface area contributed by atoms with Crippen LogP contribution in [0, 0.1) is 0 Å². The highest BCUT2D eigenvalue weighted by Gasteiger charge is 2.63. The molecule has 2 fully saturated rings. The maximum Gasteiger partial charge on any atom is 0.411 e. The molecule has 0 spiro atoms. The summed E-state index contributed by atoms with van der Waals surface area (Å²) in [6, 6.07) is 0. The van der Waals surface area contributed by atoms with E-state index in [0.717, 1.165) is 0 Å². The molecular formula is C14H24FNO3. The molecule has 0 unspecified atom stereocenters. The smallest absolute Gasteiger partial charge is 0.411 e. The highest BCUT2D eigenvalue weighted by Crippen LogP contribution is 2.52. The summed E-state index contributed by atoms with van der Waals surface area (Å²) in [7, 11) is 0. The number of nitrogens with zero attached hydrogens (tertiary/aromatic N) is 1. The van der Waals surface area contributed by atoms with Crippen LogP contribution in [-0.4, -0.2) is 45.1 Å². The molecule has 4 atom stereocenters. The number of ether oxygens (including phenoxy) is 1. The zero-order valence-corrected chi connectivity index (χ0v) is 12.4. The molecule has 1 N–H and O–H groups in total. The summed E-state index contributed by atoms with van der Waals surface area (Å²) in [4.78, 5) is 13.9. The van der Waals surface area contributed by atoms with E-state index in [1.807, 2.05) is 6.92 Å². The number of carbonyl (C=O) groups is 1. The molecule has 2 rings (SSSR count). The van der Waals surface area contributed by atoms with Gasteiger partial charge in [0.1, 0.15) is 11.8 Å². The van der Waals surface area contributed by atoms with Crippen LogP contribution in [0.5, 0.6) is 0 Å². The van der Waals surface area contributed by atoms with Gasteiger partial charge in [0.15, 0.2) is 0 Å². The minimum atomic E-state index is -1.42. The number of halogens is 1. The van der Waals surface area contributed by atoms with Crippen molar-refractivity contribution >= 4 is 6.09 Å². The quantitative estimate of drug-likeness (QED) is 0.738. The third-order valence-electron chi connectivity index (χ3n) is 4.38. The molecule has 0 radical (unpaired) electrons. The number of hydrogen-bond acceptors (Lipinski definition) is 3. The second-order valence-electron chi connectivity index (χ2n) is 7.34. The Hall–Kier alpha value is -0.840. The lowest BCUT2D eigenvalue weighted by atomic mass is 9.82. The van der Waals surface area contributed by atoms with Gasteiger partial charge in [-0.15, -0.1) is 0 Å². The van der Waals surface area contributed by atoms with E-state index in [-0.39, 0.29) is 6.42 Å². The van der Waals surface area contributed by atoms with Crippen molar-refractivity contribution in [3.63, 3.8) is 0 Å². The van der Waals surface area contributed by atoms with E-state index < -0.39 is 35.0 Å². The van der Waals surface area contributed by atoms with Crippen molar-refractivity contribution in [2.45, 2.75) is 82.8 Å². The molecular weight excluding hydrogens is 249 g/mol. The first-order valence-corrected chi connectivity index (χ1v) is 6.85. The van der Waals surface area contributed by atoms with E-state index >= 15 is 0 Å². The summed E-state index contributed by atoms with van der Waals surface area (Å²) in [6.45, 7) is 8.99. The predicted octanol–water partition coefficient (Wildman–Crippen LogP) is 2.64. The van der Waals surface area contributed by atoms with Gasteiger partial charge in [-0.25, -0.2) is 9.18 Å². The molecule has 2 saturated heterocycles. The molecule has 5 heteroatoms.